The van der Waals surface area contributed by atoms with E-state index in [1.165, 1.54) is 5.56 Å². The quantitative estimate of drug-likeness (QED) is 0.510. The van der Waals surface area contributed by atoms with Crippen LogP contribution in [0.1, 0.15) is 41.7 Å². The van der Waals surface area contributed by atoms with E-state index >= 15 is 0 Å². The molecule has 7 heteroatoms. The number of carbonyl (C=O) groups excluding carboxylic acids is 1. The molecular weight excluding hydrogens is 424 g/mol. The Morgan fingerprint density at radius 2 is 1.71 bits per heavy atom. The van der Waals surface area contributed by atoms with Gasteiger partial charge in [-0.05, 0) is 56.0 Å². The molecule has 0 atom stereocenters. The average Bonchev–Trinajstić information content (AvgIpc) is 3.48. The Morgan fingerprint density at radius 3 is 2.44 bits per heavy atom. The Bertz CT molecular complexity index is 1340. The van der Waals surface area contributed by atoms with Gasteiger partial charge in [0, 0.05) is 41.3 Å². The van der Waals surface area contributed by atoms with Crippen LogP contribution in [0.3, 0.4) is 0 Å². The number of fused-ring (bicyclic) bond motifs is 1. The van der Waals surface area contributed by atoms with Crippen LogP contribution in [0, 0.1) is 0 Å². The number of nitrogens with zero attached hydrogens (tertiary/aromatic N) is 5. The van der Waals surface area contributed by atoms with Crippen molar-refractivity contribution in [1.29, 1.82) is 0 Å². The van der Waals surface area contributed by atoms with Gasteiger partial charge in [0.1, 0.15) is 0 Å². The summed E-state index contributed by atoms with van der Waals surface area (Å²) in [4.78, 5) is 18.5. The van der Waals surface area contributed by atoms with E-state index in [4.69, 9.17) is 0 Å². The highest BCUT2D eigenvalue weighted by Crippen LogP contribution is 2.44. The van der Waals surface area contributed by atoms with Crippen LogP contribution in [-0.2, 0) is 6.54 Å². The van der Waals surface area contributed by atoms with Crippen LogP contribution in [0.4, 0.5) is 0 Å². The number of aromatic nitrogens is 4. The number of carbonyl (C=O) groups is 1. The third-order valence-electron chi connectivity index (χ3n) is 8.27. The summed E-state index contributed by atoms with van der Waals surface area (Å²) >= 11 is 0. The normalized spacial score (nSPS) is 26.0. The largest absolute Gasteiger partial charge is 0.331 e. The van der Waals surface area contributed by atoms with Crippen LogP contribution in [0.25, 0.3) is 22.0 Å². The predicted octanol–water partition coefficient (Wildman–Crippen LogP) is 3.92. The van der Waals surface area contributed by atoms with Crippen LogP contribution >= 0.6 is 0 Å². The highest BCUT2D eigenvalue weighted by molar-refractivity contribution is 6.06. The van der Waals surface area contributed by atoms with Gasteiger partial charge in [-0.15, -0.1) is 0 Å². The van der Waals surface area contributed by atoms with Gasteiger partial charge in [-0.25, -0.2) is 0 Å². The summed E-state index contributed by atoms with van der Waals surface area (Å²) in [6.45, 7) is 0.730. The van der Waals surface area contributed by atoms with Crippen LogP contribution in [0.15, 0.2) is 60.9 Å². The first-order valence-corrected chi connectivity index (χ1v) is 12.2. The highest BCUT2D eigenvalue weighted by atomic mass is 16.2. The molecule has 0 unspecified atom stereocenters. The maximum absolute atomic E-state index is 13.8. The lowest BCUT2D eigenvalue weighted by Gasteiger charge is -2.60. The second-order valence-corrected chi connectivity index (χ2v) is 10.2. The first kappa shape index (κ1) is 20.0. The molecule has 34 heavy (non-hydrogen) atoms. The molecule has 4 saturated heterocycles. The molecule has 172 valence electrons. The average molecular weight is 453 g/mol. The molecule has 4 aliphatic heterocycles. The Morgan fingerprint density at radius 1 is 0.971 bits per heavy atom. The molecule has 0 radical (unpaired) electrons. The zero-order valence-corrected chi connectivity index (χ0v) is 19.3. The fourth-order valence-electron chi connectivity index (χ4n) is 6.54. The van der Waals surface area contributed by atoms with Gasteiger partial charge in [0.15, 0.2) is 5.69 Å². The van der Waals surface area contributed by atoms with Gasteiger partial charge in [-0.1, -0.05) is 36.4 Å². The Balaban J connectivity index is 1.18. The molecule has 2 aromatic carbocycles. The fraction of sp³-hybridized carbons (Fsp3) is 0.370. The maximum atomic E-state index is 13.8. The van der Waals surface area contributed by atoms with Crippen LogP contribution in [0.2, 0.25) is 0 Å². The molecule has 1 amide bonds. The summed E-state index contributed by atoms with van der Waals surface area (Å²) in [7, 11) is 2.25. The molecule has 1 N–H and O–H groups in total. The zero-order chi connectivity index (χ0) is 22.8. The number of aromatic amines is 1. The summed E-state index contributed by atoms with van der Waals surface area (Å²) in [6, 6.07) is 18.4. The van der Waals surface area contributed by atoms with E-state index in [2.05, 4.69) is 62.6 Å². The minimum atomic E-state index is 0.0830. The van der Waals surface area contributed by atoms with Crippen molar-refractivity contribution in [3.63, 3.8) is 0 Å². The third-order valence-corrected chi connectivity index (χ3v) is 8.27. The highest BCUT2D eigenvalue weighted by Gasteiger charge is 2.51. The molecule has 7 nitrogen and oxygen atoms in total. The molecule has 2 aromatic heterocycles. The van der Waals surface area contributed by atoms with Gasteiger partial charge in [0.05, 0.1) is 18.3 Å². The molecule has 6 heterocycles. The van der Waals surface area contributed by atoms with Crippen LogP contribution in [-0.4, -0.2) is 66.9 Å². The van der Waals surface area contributed by atoms with Gasteiger partial charge < -0.3 is 9.80 Å². The maximum Gasteiger partial charge on any atom is 0.275 e. The van der Waals surface area contributed by atoms with Crippen molar-refractivity contribution in [3.8, 4) is 11.1 Å². The molecule has 0 spiro atoms. The van der Waals surface area contributed by atoms with Crippen molar-refractivity contribution in [2.75, 3.05) is 7.05 Å². The monoisotopic (exact) mass is 452 g/mol. The van der Waals surface area contributed by atoms with Crippen LogP contribution < -0.4 is 0 Å². The van der Waals surface area contributed by atoms with E-state index in [0.717, 1.165) is 54.3 Å². The van der Waals surface area contributed by atoms with Gasteiger partial charge in [-0.3, -0.25) is 14.6 Å². The Hall–Kier alpha value is -3.45. The minimum absolute atomic E-state index is 0.0830. The van der Waals surface area contributed by atoms with Crippen molar-refractivity contribution >= 4 is 16.8 Å². The van der Waals surface area contributed by atoms with Gasteiger partial charge in [0.25, 0.3) is 5.91 Å². The number of piperidine rings is 4. The molecule has 4 aromatic rings. The van der Waals surface area contributed by atoms with Crippen molar-refractivity contribution in [3.05, 3.63) is 72.2 Å². The number of rotatable bonds is 4. The van der Waals surface area contributed by atoms with E-state index in [0.29, 0.717) is 29.9 Å². The molecule has 0 saturated carbocycles. The van der Waals surface area contributed by atoms with Crippen molar-refractivity contribution in [2.45, 2.75) is 56.4 Å². The number of nitrogens with one attached hydrogen (secondary N) is 1. The fourth-order valence-corrected chi connectivity index (χ4v) is 6.54. The van der Waals surface area contributed by atoms with Crippen molar-refractivity contribution in [2.24, 2.45) is 0 Å². The lowest BCUT2D eigenvalue weighted by Crippen LogP contribution is -2.68. The Kier molecular flexibility index (Phi) is 4.42. The molecule has 8 rings (SSSR count). The van der Waals surface area contributed by atoms with Gasteiger partial charge in [-0.2, -0.15) is 10.2 Å². The van der Waals surface area contributed by atoms with E-state index in [-0.39, 0.29) is 5.91 Å². The molecule has 4 bridgehead atoms. The first-order valence-electron chi connectivity index (χ1n) is 12.2. The summed E-state index contributed by atoms with van der Waals surface area (Å²) in [5.74, 6) is 0.0830. The van der Waals surface area contributed by atoms with Gasteiger partial charge >= 0.3 is 0 Å². The van der Waals surface area contributed by atoms with Crippen molar-refractivity contribution < 1.29 is 4.79 Å². The van der Waals surface area contributed by atoms with E-state index < -0.39 is 0 Å². The van der Waals surface area contributed by atoms with E-state index in [1.807, 2.05) is 35.1 Å². The Labute approximate surface area is 198 Å². The summed E-state index contributed by atoms with van der Waals surface area (Å²) < 4.78 is 1.95. The number of benzene rings is 2. The second kappa shape index (κ2) is 7.53. The smallest absolute Gasteiger partial charge is 0.275 e. The summed E-state index contributed by atoms with van der Waals surface area (Å²) in [5, 5.41) is 13.0. The van der Waals surface area contributed by atoms with Crippen molar-refractivity contribution in [1.82, 2.24) is 29.8 Å². The molecule has 0 aliphatic carbocycles. The number of amides is 1. The SMILES string of the molecule is CN1C2CC3CC1CC(C2)N3C(=O)c1n[nH]c2ccc(-c3cnn(Cc4ccccc4)c3)cc12. The summed E-state index contributed by atoms with van der Waals surface area (Å²) in [6.07, 6.45) is 8.30. The zero-order valence-electron chi connectivity index (χ0n) is 19.3. The van der Waals surface area contributed by atoms with E-state index in [1.54, 1.807) is 0 Å². The molecular formula is C27H28N6O. The van der Waals surface area contributed by atoms with Crippen LogP contribution in [0.5, 0.6) is 0 Å². The van der Waals surface area contributed by atoms with E-state index in [9.17, 15) is 4.79 Å². The molecule has 4 fully saturated rings. The second-order valence-electron chi connectivity index (χ2n) is 10.2. The first-order chi connectivity index (χ1) is 16.6. The molecule has 4 aliphatic rings. The number of hydrogen-bond donors (Lipinski definition) is 1. The predicted molar refractivity (Wildman–Crippen MR) is 130 cm³/mol. The topological polar surface area (TPSA) is 70.1 Å². The minimum Gasteiger partial charge on any atom is -0.331 e. The number of H-pyrrole nitrogens is 1. The third kappa shape index (κ3) is 3.10. The number of hydrogen-bond acceptors (Lipinski definition) is 4. The lowest BCUT2D eigenvalue weighted by molar-refractivity contribution is -0.0792. The standard InChI is InChI=1S/C27H28N6O/c1-31-20-10-22-12-21(31)13-23(11-20)33(22)27(34)26-24-9-18(7-8-25(24)29-30-26)19-14-28-32(16-19)15-17-5-3-2-4-6-17/h2-9,14,16,20-23H,10-13,15H2,1H3,(H,29,30). The summed E-state index contributed by atoms with van der Waals surface area (Å²) in [5.41, 5.74) is 4.74. The van der Waals surface area contributed by atoms with Gasteiger partial charge in [0.2, 0.25) is 0 Å². The lowest BCUT2D eigenvalue weighted by atomic mass is 9.73.